The first-order chi connectivity index (χ1) is 20.4. The quantitative estimate of drug-likeness (QED) is 0.0947. The van der Waals surface area contributed by atoms with E-state index in [2.05, 4.69) is 124 Å². The maximum atomic E-state index is 10.3. The third-order valence-electron chi connectivity index (χ3n) is 8.47. The topological polar surface area (TPSA) is 32.7 Å². The Bertz CT molecular complexity index is 1780. The summed E-state index contributed by atoms with van der Waals surface area (Å²) in [5, 5.41) is 20.6. The monoisotopic (exact) mass is 575 g/mol. The van der Waals surface area contributed by atoms with Gasteiger partial charge < -0.3 is 9.63 Å². The van der Waals surface area contributed by atoms with Crippen LogP contribution in [0.4, 0.5) is 0 Å². The number of aliphatic hydroxyl groups excluding tert-OH is 1. The van der Waals surface area contributed by atoms with Crippen molar-refractivity contribution in [3.63, 3.8) is 0 Å². The molecule has 6 rings (SSSR count). The van der Waals surface area contributed by atoms with Gasteiger partial charge in [-0.05, 0) is 112 Å². The number of unbranched alkanes of at least 4 members (excludes halogenated alkanes) is 1. The van der Waals surface area contributed by atoms with E-state index in [4.69, 9.17) is 4.52 Å². The molecular weight excluding hydrogens is 533 g/mol. The Hall–Kier alpha value is -3.07. The van der Waals surface area contributed by atoms with Crippen LogP contribution < -0.4 is 0 Å². The zero-order valence-electron chi connectivity index (χ0n) is 25.5. The molecule has 0 aliphatic rings. The molecule has 0 fully saturated rings. The Morgan fingerprint density at radius 1 is 0.714 bits per heavy atom. The predicted octanol–water partition coefficient (Wildman–Crippen LogP) is 10.6. The van der Waals surface area contributed by atoms with E-state index < -0.39 is 8.30 Å². The molecule has 1 N–H and O–H groups in total. The first-order valence-corrected chi connectivity index (χ1v) is 16.8. The lowest BCUT2D eigenvalue weighted by atomic mass is 9.87. The van der Waals surface area contributed by atoms with Crippen molar-refractivity contribution in [2.24, 2.45) is 0 Å². The van der Waals surface area contributed by atoms with Gasteiger partial charge >= 0.3 is 0 Å². The van der Waals surface area contributed by atoms with Gasteiger partial charge in [0.15, 0.2) is 0 Å². The van der Waals surface area contributed by atoms with Crippen LogP contribution in [0.15, 0.2) is 84.9 Å². The predicted molar refractivity (Wildman–Crippen MR) is 183 cm³/mol. The maximum Gasteiger partial charge on any atom is 0.105 e. The van der Waals surface area contributed by atoms with Crippen molar-refractivity contribution >= 4 is 51.4 Å². The fourth-order valence-corrected chi connectivity index (χ4v) is 9.20. The molecule has 216 valence electrons. The molecule has 0 aliphatic carbocycles. The fourth-order valence-electron chi connectivity index (χ4n) is 6.79. The molecule has 0 radical (unpaired) electrons. The van der Waals surface area contributed by atoms with Crippen LogP contribution in [0.1, 0.15) is 58.6 Å². The minimum absolute atomic E-state index is 0.00614. The maximum absolute atomic E-state index is 10.3. The molecular formula is C38H42NO2P. The standard InChI is InChI=1S/C38H42NO2P/c1-6-7-19-42(39(25(2)3)26(4)5)41-24-28-20-27(23-40)21-30(22-28)31-17-18-36-34-14-9-12-29-11-8-13-33(37(29)34)35-16-10-15-32(31)38(35)36/h8-18,20-22,25-26,40H,6-7,19,23-24H2,1-5H3. The molecule has 0 aromatic heterocycles. The lowest BCUT2D eigenvalue weighted by Crippen LogP contribution is -2.33. The van der Waals surface area contributed by atoms with E-state index in [-0.39, 0.29) is 6.61 Å². The number of hydrogen-bond acceptors (Lipinski definition) is 3. The highest BCUT2D eigenvalue weighted by atomic mass is 31.2. The Labute approximate surface area is 251 Å². The molecule has 6 aromatic carbocycles. The average molecular weight is 576 g/mol. The van der Waals surface area contributed by atoms with Crippen molar-refractivity contribution in [1.82, 2.24) is 4.67 Å². The third-order valence-corrected chi connectivity index (χ3v) is 11.0. The van der Waals surface area contributed by atoms with Gasteiger partial charge in [-0.15, -0.1) is 0 Å². The van der Waals surface area contributed by atoms with Crippen LogP contribution in [-0.2, 0) is 17.7 Å². The van der Waals surface area contributed by atoms with Crippen molar-refractivity contribution in [2.45, 2.75) is 72.8 Å². The molecule has 3 nitrogen and oxygen atoms in total. The van der Waals surface area contributed by atoms with Crippen LogP contribution in [0.5, 0.6) is 0 Å². The molecule has 4 heteroatoms. The number of rotatable bonds is 11. The molecule has 1 atom stereocenters. The highest BCUT2D eigenvalue weighted by molar-refractivity contribution is 7.50. The number of benzene rings is 6. The summed E-state index contributed by atoms with van der Waals surface area (Å²) in [6.07, 6.45) is 3.42. The smallest absolute Gasteiger partial charge is 0.105 e. The summed E-state index contributed by atoms with van der Waals surface area (Å²) in [5.74, 6) is 0. The highest BCUT2D eigenvalue weighted by Gasteiger charge is 2.25. The van der Waals surface area contributed by atoms with Crippen LogP contribution in [0.25, 0.3) is 54.2 Å². The normalized spacial score (nSPS) is 13.2. The first-order valence-electron chi connectivity index (χ1n) is 15.4. The zero-order valence-corrected chi connectivity index (χ0v) is 26.4. The van der Waals surface area contributed by atoms with Gasteiger partial charge in [0.2, 0.25) is 0 Å². The van der Waals surface area contributed by atoms with Gasteiger partial charge in [0.05, 0.1) is 13.2 Å². The van der Waals surface area contributed by atoms with E-state index in [0.29, 0.717) is 18.7 Å². The van der Waals surface area contributed by atoms with Crippen molar-refractivity contribution in [1.29, 1.82) is 0 Å². The Kier molecular flexibility index (Phi) is 8.48. The summed E-state index contributed by atoms with van der Waals surface area (Å²) < 4.78 is 9.29. The summed E-state index contributed by atoms with van der Waals surface area (Å²) >= 11 is 0. The summed E-state index contributed by atoms with van der Waals surface area (Å²) in [6, 6.07) is 31.9. The van der Waals surface area contributed by atoms with Crippen molar-refractivity contribution in [3.8, 4) is 11.1 Å². The van der Waals surface area contributed by atoms with Gasteiger partial charge in [0, 0.05) is 18.2 Å². The van der Waals surface area contributed by atoms with Crippen molar-refractivity contribution in [2.75, 3.05) is 6.16 Å². The molecule has 0 amide bonds. The second-order valence-corrected chi connectivity index (χ2v) is 13.9. The Morgan fingerprint density at radius 3 is 1.95 bits per heavy atom. The molecule has 0 saturated heterocycles. The second kappa shape index (κ2) is 12.3. The molecule has 6 aromatic rings. The molecule has 1 unspecified atom stereocenters. The van der Waals surface area contributed by atoms with E-state index in [1.54, 1.807) is 0 Å². The van der Waals surface area contributed by atoms with Gasteiger partial charge in [0.1, 0.15) is 8.30 Å². The summed E-state index contributed by atoms with van der Waals surface area (Å²) in [4.78, 5) is 0. The number of nitrogens with zero attached hydrogens (tertiary/aromatic N) is 1. The van der Waals surface area contributed by atoms with E-state index in [1.807, 2.05) is 0 Å². The Balaban J connectivity index is 1.44. The molecule has 0 bridgehead atoms. The van der Waals surface area contributed by atoms with Crippen LogP contribution in [0.3, 0.4) is 0 Å². The van der Waals surface area contributed by atoms with E-state index in [0.717, 1.165) is 22.9 Å². The van der Waals surface area contributed by atoms with Crippen LogP contribution >= 0.6 is 8.30 Å². The fraction of sp³-hybridized carbons (Fsp3) is 0.316. The molecule has 42 heavy (non-hydrogen) atoms. The Morgan fingerprint density at radius 2 is 1.31 bits per heavy atom. The van der Waals surface area contributed by atoms with E-state index >= 15 is 0 Å². The van der Waals surface area contributed by atoms with Crippen molar-refractivity contribution in [3.05, 3.63) is 96.1 Å². The highest BCUT2D eigenvalue weighted by Crippen LogP contribution is 2.47. The molecule has 0 saturated carbocycles. The first kappa shape index (κ1) is 29.0. The minimum atomic E-state index is -0.712. The van der Waals surface area contributed by atoms with E-state index in [1.165, 1.54) is 61.5 Å². The zero-order chi connectivity index (χ0) is 29.4. The van der Waals surface area contributed by atoms with Crippen LogP contribution in [0, 0.1) is 0 Å². The summed E-state index contributed by atoms with van der Waals surface area (Å²) in [6.45, 7) is 11.9. The van der Waals surface area contributed by atoms with Gasteiger partial charge in [0.25, 0.3) is 0 Å². The lowest BCUT2D eigenvalue weighted by Gasteiger charge is -2.37. The summed E-state index contributed by atoms with van der Waals surface area (Å²) in [5.41, 5.74) is 4.36. The summed E-state index contributed by atoms with van der Waals surface area (Å²) in [7, 11) is -0.712. The third kappa shape index (κ3) is 5.29. The van der Waals surface area contributed by atoms with Crippen LogP contribution in [-0.4, -0.2) is 28.0 Å². The number of fused-ring (bicyclic) bond motifs is 2. The van der Waals surface area contributed by atoms with Gasteiger partial charge in [-0.25, -0.2) is 0 Å². The molecule has 0 aliphatic heterocycles. The number of hydrogen-bond donors (Lipinski definition) is 1. The molecule has 0 spiro atoms. The van der Waals surface area contributed by atoms with Gasteiger partial charge in [-0.2, -0.15) is 0 Å². The van der Waals surface area contributed by atoms with Crippen LogP contribution in [0.2, 0.25) is 0 Å². The average Bonchev–Trinajstić information content (AvgIpc) is 3.00. The second-order valence-electron chi connectivity index (χ2n) is 12.1. The lowest BCUT2D eigenvalue weighted by molar-refractivity contribution is 0.246. The van der Waals surface area contributed by atoms with Crippen molar-refractivity contribution < 1.29 is 9.63 Å². The molecule has 0 heterocycles. The van der Waals surface area contributed by atoms with Gasteiger partial charge in [-0.1, -0.05) is 86.1 Å². The van der Waals surface area contributed by atoms with Gasteiger partial charge in [-0.3, -0.25) is 4.67 Å². The van der Waals surface area contributed by atoms with E-state index in [9.17, 15) is 5.11 Å². The minimum Gasteiger partial charge on any atom is -0.392 e. The largest absolute Gasteiger partial charge is 0.392 e. The number of aliphatic hydroxyl groups is 1. The SMILES string of the molecule is CCCCP(OCc1cc(CO)cc(-c2ccc3c4cccc5cccc(c6cccc2c63)c54)c1)N(C(C)C)C(C)C.